The second-order valence-corrected chi connectivity index (χ2v) is 4.93. The maximum absolute atomic E-state index is 4.52. The topological polar surface area (TPSA) is 42.7 Å². The molecule has 0 amide bonds. The van der Waals surface area contributed by atoms with Crippen molar-refractivity contribution < 1.29 is 0 Å². The number of anilines is 1. The first-order valence-corrected chi connectivity index (χ1v) is 6.56. The smallest absolute Gasteiger partial charge is 0.148 e. The molecule has 1 aliphatic rings. The van der Waals surface area contributed by atoms with E-state index in [4.69, 9.17) is 0 Å². The number of hydrogen-bond donors (Lipinski definition) is 1. The Morgan fingerprint density at radius 2 is 2.06 bits per heavy atom. The van der Waals surface area contributed by atoms with Crippen molar-refractivity contribution in [3.63, 3.8) is 0 Å². The standard InChI is InChI=1S/C14H18N4/c1-2-12(3-1)10-16-14-6-9-18(17-14)11-13-4-7-15-8-5-13/h4-9,12H,1-3,10-11H2,(H,16,17). The van der Waals surface area contributed by atoms with Crippen molar-refractivity contribution in [2.75, 3.05) is 11.9 Å². The monoisotopic (exact) mass is 242 g/mol. The summed E-state index contributed by atoms with van der Waals surface area (Å²) in [5, 5.41) is 7.93. The average molecular weight is 242 g/mol. The van der Waals surface area contributed by atoms with Crippen LogP contribution in [0.4, 0.5) is 5.82 Å². The van der Waals surface area contributed by atoms with E-state index in [0.717, 1.165) is 24.8 Å². The molecule has 1 fully saturated rings. The Bertz CT molecular complexity index is 488. The van der Waals surface area contributed by atoms with Crippen LogP contribution in [0.25, 0.3) is 0 Å². The lowest BCUT2D eigenvalue weighted by Gasteiger charge is -2.25. The van der Waals surface area contributed by atoms with E-state index in [1.54, 1.807) is 0 Å². The van der Waals surface area contributed by atoms with Gasteiger partial charge in [-0.25, -0.2) is 0 Å². The van der Waals surface area contributed by atoms with Crippen LogP contribution >= 0.6 is 0 Å². The largest absolute Gasteiger partial charge is 0.368 e. The van der Waals surface area contributed by atoms with Crippen molar-refractivity contribution >= 4 is 5.82 Å². The Morgan fingerprint density at radius 1 is 1.22 bits per heavy atom. The van der Waals surface area contributed by atoms with Gasteiger partial charge in [0.15, 0.2) is 0 Å². The fourth-order valence-corrected chi connectivity index (χ4v) is 2.17. The number of aromatic nitrogens is 3. The van der Waals surface area contributed by atoms with Gasteiger partial charge in [-0.2, -0.15) is 5.10 Å². The third kappa shape index (κ3) is 2.70. The number of nitrogens with one attached hydrogen (secondary N) is 1. The molecule has 4 heteroatoms. The van der Waals surface area contributed by atoms with Crippen molar-refractivity contribution in [2.24, 2.45) is 5.92 Å². The first-order valence-electron chi connectivity index (χ1n) is 6.56. The summed E-state index contributed by atoms with van der Waals surface area (Å²) < 4.78 is 1.96. The summed E-state index contributed by atoms with van der Waals surface area (Å²) >= 11 is 0. The predicted molar refractivity (Wildman–Crippen MR) is 71.4 cm³/mol. The van der Waals surface area contributed by atoms with E-state index in [0.29, 0.717) is 0 Å². The molecule has 94 valence electrons. The molecule has 2 aromatic rings. The Labute approximate surface area is 107 Å². The Balaban J connectivity index is 1.55. The van der Waals surface area contributed by atoms with E-state index >= 15 is 0 Å². The highest BCUT2D eigenvalue weighted by molar-refractivity contribution is 5.32. The number of pyridine rings is 1. The van der Waals surface area contributed by atoms with Crippen LogP contribution in [0.2, 0.25) is 0 Å². The zero-order valence-corrected chi connectivity index (χ0v) is 10.4. The highest BCUT2D eigenvalue weighted by Crippen LogP contribution is 2.26. The molecule has 4 nitrogen and oxygen atoms in total. The summed E-state index contributed by atoms with van der Waals surface area (Å²) in [6.45, 7) is 1.86. The molecule has 2 heterocycles. The van der Waals surface area contributed by atoms with Crippen molar-refractivity contribution in [2.45, 2.75) is 25.8 Å². The second kappa shape index (κ2) is 5.21. The normalized spacial score (nSPS) is 15.3. The highest BCUT2D eigenvalue weighted by atomic mass is 15.3. The second-order valence-electron chi connectivity index (χ2n) is 4.93. The minimum absolute atomic E-state index is 0.799. The first-order chi connectivity index (χ1) is 8.90. The van der Waals surface area contributed by atoms with Crippen LogP contribution in [0, 0.1) is 5.92 Å². The van der Waals surface area contributed by atoms with Gasteiger partial charge in [0.2, 0.25) is 0 Å². The molecule has 0 aliphatic heterocycles. The molecule has 1 N–H and O–H groups in total. The molecule has 0 atom stereocenters. The Morgan fingerprint density at radius 3 is 2.78 bits per heavy atom. The molecule has 3 rings (SSSR count). The van der Waals surface area contributed by atoms with E-state index in [9.17, 15) is 0 Å². The summed E-state index contributed by atoms with van der Waals surface area (Å²) in [5.41, 5.74) is 1.22. The van der Waals surface area contributed by atoms with Gasteiger partial charge in [0, 0.05) is 31.2 Å². The predicted octanol–water partition coefficient (Wildman–Crippen LogP) is 2.54. The molecule has 2 aromatic heterocycles. The minimum Gasteiger partial charge on any atom is -0.368 e. The molecule has 1 saturated carbocycles. The van der Waals surface area contributed by atoms with Gasteiger partial charge in [0.1, 0.15) is 5.82 Å². The van der Waals surface area contributed by atoms with Gasteiger partial charge >= 0.3 is 0 Å². The van der Waals surface area contributed by atoms with Crippen LogP contribution in [0.3, 0.4) is 0 Å². The third-order valence-corrected chi connectivity index (χ3v) is 3.53. The van der Waals surface area contributed by atoms with E-state index in [-0.39, 0.29) is 0 Å². The van der Waals surface area contributed by atoms with E-state index in [2.05, 4.69) is 15.4 Å². The SMILES string of the molecule is c1cc(Cn2ccc(NCC3CCC3)n2)ccn1. The summed E-state index contributed by atoms with van der Waals surface area (Å²) in [5.74, 6) is 1.84. The van der Waals surface area contributed by atoms with Gasteiger partial charge in [-0.3, -0.25) is 9.67 Å². The lowest BCUT2D eigenvalue weighted by Crippen LogP contribution is -2.21. The zero-order valence-electron chi connectivity index (χ0n) is 10.4. The summed E-state index contributed by atoms with van der Waals surface area (Å²) in [6, 6.07) is 6.08. The Kier molecular flexibility index (Phi) is 3.26. The molecule has 18 heavy (non-hydrogen) atoms. The van der Waals surface area contributed by atoms with Crippen LogP contribution in [0.5, 0.6) is 0 Å². The Hall–Kier alpha value is -1.84. The van der Waals surface area contributed by atoms with E-state index in [1.165, 1.54) is 24.8 Å². The van der Waals surface area contributed by atoms with Crippen LogP contribution < -0.4 is 5.32 Å². The van der Waals surface area contributed by atoms with Crippen molar-refractivity contribution in [1.82, 2.24) is 14.8 Å². The zero-order chi connectivity index (χ0) is 12.2. The molecule has 0 bridgehead atoms. The average Bonchev–Trinajstić information content (AvgIpc) is 2.76. The summed E-state index contributed by atoms with van der Waals surface area (Å²) in [6.07, 6.45) is 9.77. The fourth-order valence-electron chi connectivity index (χ4n) is 2.17. The van der Waals surface area contributed by atoms with Gasteiger partial charge in [0.25, 0.3) is 0 Å². The lowest BCUT2D eigenvalue weighted by atomic mass is 9.85. The summed E-state index contributed by atoms with van der Waals surface area (Å²) in [7, 11) is 0. The van der Waals surface area contributed by atoms with Crippen LogP contribution in [0.15, 0.2) is 36.8 Å². The molecular formula is C14H18N4. The van der Waals surface area contributed by atoms with Gasteiger partial charge in [-0.05, 0) is 36.5 Å². The van der Waals surface area contributed by atoms with Gasteiger partial charge < -0.3 is 5.32 Å². The van der Waals surface area contributed by atoms with Gasteiger partial charge in [0.05, 0.1) is 6.54 Å². The molecule has 0 unspecified atom stereocenters. The van der Waals surface area contributed by atoms with Crippen LogP contribution in [0.1, 0.15) is 24.8 Å². The maximum atomic E-state index is 4.52. The van der Waals surface area contributed by atoms with Crippen molar-refractivity contribution in [3.05, 3.63) is 42.4 Å². The van der Waals surface area contributed by atoms with Crippen molar-refractivity contribution in [1.29, 1.82) is 0 Å². The molecule has 0 spiro atoms. The fraction of sp³-hybridized carbons (Fsp3) is 0.429. The maximum Gasteiger partial charge on any atom is 0.148 e. The minimum atomic E-state index is 0.799. The molecule has 0 radical (unpaired) electrons. The van der Waals surface area contributed by atoms with Crippen LogP contribution in [-0.4, -0.2) is 21.3 Å². The molecule has 0 aromatic carbocycles. The molecule has 1 aliphatic carbocycles. The lowest BCUT2D eigenvalue weighted by molar-refractivity contribution is 0.333. The molecule has 0 saturated heterocycles. The quantitative estimate of drug-likeness (QED) is 0.876. The number of hydrogen-bond acceptors (Lipinski definition) is 3. The highest BCUT2D eigenvalue weighted by Gasteiger charge is 2.16. The van der Waals surface area contributed by atoms with Gasteiger partial charge in [-0.1, -0.05) is 6.42 Å². The number of nitrogens with zero attached hydrogens (tertiary/aromatic N) is 3. The third-order valence-electron chi connectivity index (χ3n) is 3.53. The van der Waals surface area contributed by atoms with Crippen molar-refractivity contribution in [3.8, 4) is 0 Å². The summed E-state index contributed by atoms with van der Waals surface area (Å²) in [4.78, 5) is 4.01. The van der Waals surface area contributed by atoms with Gasteiger partial charge in [-0.15, -0.1) is 0 Å². The van der Waals surface area contributed by atoms with Crippen LogP contribution in [-0.2, 0) is 6.54 Å². The van der Waals surface area contributed by atoms with E-state index < -0.39 is 0 Å². The molecular weight excluding hydrogens is 224 g/mol. The first kappa shape index (κ1) is 11.3. The van der Waals surface area contributed by atoms with E-state index in [1.807, 2.05) is 41.5 Å². The number of rotatable bonds is 5.